The van der Waals surface area contributed by atoms with Gasteiger partial charge in [0.25, 0.3) is 0 Å². The van der Waals surface area contributed by atoms with Crippen molar-refractivity contribution in [3.8, 4) is 0 Å². The molecule has 0 rings (SSSR count). The molecule has 0 saturated heterocycles. The molecule has 21 heavy (non-hydrogen) atoms. The molecule has 0 aromatic rings. The maximum absolute atomic E-state index is 11.7. The van der Waals surface area contributed by atoms with Gasteiger partial charge in [0, 0.05) is 6.42 Å². The Balaban J connectivity index is 3.68. The number of aliphatic carboxylic acids is 2. The summed E-state index contributed by atoms with van der Waals surface area (Å²) in [5, 5.41) is 17.4. The van der Waals surface area contributed by atoms with Crippen molar-refractivity contribution in [2.24, 2.45) is 5.92 Å². The Kier molecular flexibility index (Phi) is 11.5. The lowest BCUT2D eigenvalue weighted by Crippen LogP contribution is -2.26. The summed E-state index contributed by atoms with van der Waals surface area (Å²) < 4.78 is 0. The zero-order valence-electron chi connectivity index (χ0n) is 13.0. The van der Waals surface area contributed by atoms with Gasteiger partial charge < -0.3 is 10.2 Å². The molecule has 0 aromatic heterocycles. The van der Waals surface area contributed by atoms with Crippen molar-refractivity contribution < 1.29 is 24.6 Å². The summed E-state index contributed by atoms with van der Waals surface area (Å²) in [6, 6.07) is 0. The molecule has 122 valence electrons. The number of carbonyl (C=O) groups is 3. The van der Waals surface area contributed by atoms with Crippen molar-refractivity contribution in [1.29, 1.82) is 0 Å². The van der Waals surface area contributed by atoms with Crippen molar-refractivity contribution in [3.05, 3.63) is 0 Å². The van der Waals surface area contributed by atoms with Crippen LogP contribution in [0.2, 0.25) is 0 Å². The number of carbonyl (C=O) groups excluding carboxylic acids is 1. The highest BCUT2D eigenvalue weighted by atomic mass is 16.4. The van der Waals surface area contributed by atoms with Gasteiger partial charge in [0.1, 0.15) is 11.7 Å². The molecule has 1 atom stereocenters. The van der Waals surface area contributed by atoms with E-state index in [1.54, 1.807) is 0 Å². The lowest BCUT2D eigenvalue weighted by atomic mass is 9.95. The second-order valence-corrected chi connectivity index (χ2v) is 5.53. The fourth-order valence-corrected chi connectivity index (χ4v) is 2.30. The fraction of sp³-hybridized carbons (Fsp3) is 0.812. The van der Waals surface area contributed by atoms with E-state index in [4.69, 9.17) is 10.2 Å². The van der Waals surface area contributed by atoms with Crippen molar-refractivity contribution in [2.75, 3.05) is 0 Å². The number of ketones is 1. The third kappa shape index (κ3) is 11.0. The highest BCUT2D eigenvalue weighted by Crippen LogP contribution is 2.14. The molecule has 0 saturated carbocycles. The first-order chi connectivity index (χ1) is 9.99. The summed E-state index contributed by atoms with van der Waals surface area (Å²) in [4.78, 5) is 33.1. The van der Waals surface area contributed by atoms with Crippen LogP contribution in [0.15, 0.2) is 0 Å². The number of unbranched alkanes of at least 4 members (excludes halogenated alkanes) is 8. The van der Waals surface area contributed by atoms with Gasteiger partial charge in [-0.3, -0.25) is 14.4 Å². The molecular formula is C16H28O5. The lowest BCUT2D eigenvalue weighted by molar-refractivity contribution is -0.152. The Morgan fingerprint density at radius 2 is 1.29 bits per heavy atom. The van der Waals surface area contributed by atoms with Crippen molar-refractivity contribution >= 4 is 17.7 Å². The summed E-state index contributed by atoms with van der Waals surface area (Å²) in [6.45, 7) is 2.19. The average Bonchev–Trinajstić information content (AvgIpc) is 2.42. The molecule has 0 heterocycles. The summed E-state index contributed by atoms with van der Waals surface area (Å²) in [5.41, 5.74) is 0. The number of Topliss-reactive ketones (excluding diaryl/α,β-unsaturated/α-hetero) is 1. The number of hydrogen-bond donors (Lipinski definition) is 2. The molecule has 0 aliphatic heterocycles. The summed E-state index contributed by atoms with van der Waals surface area (Å²) in [7, 11) is 0. The summed E-state index contributed by atoms with van der Waals surface area (Å²) >= 11 is 0. The standard InChI is InChI=1S/C16H28O5/c1-2-3-4-5-6-7-8-9-10-11-14(17)13(16(20)21)12-15(18)19/h13H,2-12H2,1H3,(H,18,19)(H,20,21). The highest BCUT2D eigenvalue weighted by Gasteiger charge is 2.27. The summed E-state index contributed by atoms with van der Waals surface area (Å²) in [6.07, 6.45) is 9.58. The largest absolute Gasteiger partial charge is 0.481 e. The van der Waals surface area contributed by atoms with Crippen LogP contribution in [0.1, 0.15) is 77.6 Å². The zero-order chi connectivity index (χ0) is 16.1. The molecule has 0 spiro atoms. The molecule has 0 aromatic carbocycles. The molecule has 5 heteroatoms. The first kappa shape index (κ1) is 19.6. The minimum atomic E-state index is -1.39. The maximum atomic E-state index is 11.7. The van der Waals surface area contributed by atoms with Crippen LogP contribution in [-0.2, 0) is 14.4 Å². The van der Waals surface area contributed by atoms with Crippen molar-refractivity contribution in [1.82, 2.24) is 0 Å². The molecule has 0 radical (unpaired) electrons. The number of carboxylic acids is 2. The Bertz CT molecular complexity index is 325. The van der Waals surface area contributed by atoms with Gasteiger partial charge in [-0.25, -0.2) is 0 Å². The first-order valence-corrected chi connectivity index (χ1v) is 7.96. The monoisotopic (exact) mass is 300 g/mol. The Morgan fingerprint density at radius 1 is 0.810 bits per heavy atom. The van der Waals surface area contributed by atoms with E-state index in [-0.39, 0.29) is 6.42 Å². The van der Waals surface area contributed by atoms with Gasteiger partial charge in [-0.05, 0) is 6.42 Å². The first-order valence-electron chi connectivity index (χ1n) is 7.96. The van der Waals surface area contributed by atoms with E-state index in [1.807, 2.05) is 0 Å². The highest BCUT2D eigenvalue weighted by molar-refractivity contribution is 6.00. The predicted octanol–water partition coefficient (Wildman–Crippen LogP) is 3.65. The molecule has 1 unspecified atom stereocenters. The molecule has 0 aliphatic carbocycles. The Hall–Kier alpha value is -1.39. The third-order valence-electron chi connectivity index (χ3n) is 3.59. The van der Waals surface area contributed by atoms with Crippen LogP contribution in [0.25, 0.3) is 0 Å². The van der Waals surface area contributed by atoms with Gasteiger partial charge in [0.15, 0.2) is 0 Å². The smallest absolute Gasteiger partial charge is 0.314 e. The minimum absolute atomic E-state index is 0.167. The van der Waals surface area contributed by atoms with Crippen molar-refractivity contribution in [3.63, 3.8) is 0 Å². The number of rotatable bonds is 14. The van der Waals surface area contributed by atoms with Crippen LogP contribution >= 0.6 is 0 Å². The summed E-state index contributed by atoms with van der Waals surface area (Å²) in [5.74, 6) is -4.44. The Labute approximate surface area is 126 Å². The van der Waals surface area contributed by atoms with E-state index >= 15 is 0 Å². The minimum Gasteiger partial charge on any atom is -0.481 e. The normalized spacial score (nSPS) is 12.0. The van der Waals surface area contributed by atoms with E-state index in [9.17, 15) is 14.4 Å². The topological polar surface area (TPSA) is 91.7 Å². The second-order valence-electron chi connectivity index (χ2n) is 5.53. The molecule has 0 fully saturated rings. The lowest BCUT2D eigenvalue weighted by Gasteiger charge is -2.08. The van der Waals surface area contributed by atoms with E-state index in [2.05, 4.69) is 6.92 Å². The quantitative estimate of drug-likeness (QED) is 0.377. The van der Waals surface area contributed by atoms with Gasteiger partial charge in [-0.15, -0.1) is 0 Å². The van der Waals surface area contributed by atoms with E-state index in [0.29, 0.717) is 6.42 Å². The van der Waals surface area contributed by atoms with Crippen LogP contribution in [-0.4, -0.2) is 27.9 Å². The van der Waals surface area contributed by atoms with E-state index in [1.165, 1.54) is 32.1 Å². The van der Waals surface area contributed by atoms with Crippen LogP contribution in [0.5, 0.6) is 0 Å². The molecule has 0 amide bonds. The van der Waals surface area contributed by atoms with Gasteiger partial charge in [-0.2, -0.15) is 0 Å². The van der Waals surface area contributed by atoms with Crippen molar-refractivity contribution in [2.45, 2.75) is 77.6 Å². The van der Waals surface area contributed by atoms with Crippen LogP contribution < -0.4 is 0 Å². The van der Waals surface area contributed by atoms with Gasteiger partial charge in [0.05, 0.1) is 6.42 Å². The Morgan fingerprint density at radius 3 is 1.71 bits per heavy atom. The average molecular weight is 300 g/mol. The van der Waals surface area contributed by atoms with Gasteiger partial charge >= 0.3 is 11.9 Å². The zero-order valence-corrected chi connectivity index (χ0v) is 13.0. The van der Waals surface area contributed by atoms with Gasteiger partial charge in [0.2, 0.25) is 0 Å². The molecule has 0 bridgehead atoms. The van der Waals surface area contributed by atoms with E-state index in [0.717, 1.165) is 19.3 Å². The number of hydrogen-bond acceptors (Lipinski definition) is 3. The molecule has 0 aliphatic rings. The fourth-order valence-electron chi connectivity index (χ4n) is 2.30. The number of carboxylic acid groups (broad SMARTS) is 2. The predicted molar refractivity (Wildman–Crippen MR) is 80.2 cm³/mol. The third-order valence-corrected chi connectivity index (χ3v) is 3.59. The molecule has 2 N–H and O–H groups in total. The van der Waals surface area contributed by atoms with E-state index < -0.39 is 30.1 Å². The molecule has 5 nitrogen and oxygen atoms in total. The SMILES string of the molecule is CCCCCCCCCCCC(=O)C(CC(=O)O)C(=O)O. The van der Waals surface area contributed by atoms with Crippen LogP contribution in [0.3, 0.4) is 0 Å². The molecular weight excluding hydrogens is 272 g/mol. The second kappa shape index (κ2) is 12.4. The van der Waals surface area contributed by atoms with Gasteiger partial charge in [-0.1, -0.05) is 58.3 Å². The van der Waals surface area contributed by atoms with Crippen LogP contribution in [0.4, 0.5) is 0 Å². The maximum Gasteiger partial charge on any atom is 0.314 e. The van der Waals surface area contributed by atoms with Crippen LogP contribution in [0, 0.1) is 5.92 Å².